The second-order valence-corrected chi connectivity index (χ2v) is 7.02. The van der Waals surface area contributed by atoms with Crippen molar-refractivity contribution in [1.29, 1.82) is 0 Å². The van der Waals surface area contributed by atoms with E-state index in [-0.39, 0.29) is 0 Å². The van der Waals surface area contributed by atoms with E-state index in [1.807, 2.05) is 5.38 Å². The lowest BCUT2D eigenvalue weighted by Gasteiger charge is -2.35. The van der Waals surface area contributed by atoms with Crippen LogP contribution in [0, 0.1) is 11.8 Å². The minimum Gasteiger partial charge on any atom is -0.366 e. The first-order chi connectivity index (χ1) is 10.2. The third kappa shape index (κ3) is 2.96. The number of rotatable bonds is 4. The smallest absolute Gasteiger partial charge is 0.240 e. The summed E-state index contributed by atoms with van der Waals surface area (Å²) < 4.78 is 0. The van der Waals surface area contributed by atoms with Crippen LogP contribution in [0.15, 0.2) is 11.4 Å². The summed E-state index contributed by atoms with van der Waals surface area (Å²) in [4.78, 5) is 9.89. The van der Waals surface area contributed by atoms with Crippen molar-refractivity contribution in [2.75, 3.05) is 10.7 Å². The molecule has 0 aromatic carbocycles. The number of nitrogens with zero attached hydrogens (tertiary/aromatic N) is 2. The van der Waals surface area contributed by atoms with E-state index in [4.69, 9.17) is 5.84 Å². The highest BCUT2D eigenvalue weighted by atomic mass is 32.1. The van der Waals surface area contributed by atoms with Gasteiger partial charge in [-0.25, -0.2) is 10.8 Å². The predicted molar refractivity (Wildman–Crippen MR) is 89.4 cm³/mol. The van der Waals surface area contributed by atoms with Crippen LogP contribution in [0.5, 0.6) is 0 Å². The summed E-state index contributed by atoms with van der Waals surface area (Å²) in [7, 11) is 0. The maximum Gasteiger partial charge on any atom is 0.240 e. The van der Waals surface area contributed by atoms with E-state index in [0.717, 1.165) is 16.0 Å². The third-order valence-corrected chi connectivity index (χ3v) is 5.26. The first kappa shape index (κ1) is 14.5. The van der Waals surface area contributed by atoms with Gasteiger partial charge in [-0.15, -0.1) is 11.3 Å². The molecule has 1 aliphatic carbocycles. The SMILES string of the molecule is CC(C)C1CCCCC1Nc1nc(NN)nc2sccc12. The van der Waals surface area contributed by atoms with Crippen molar-refractivity contribution in [3.8, 4) is 0 Å². The molecule has 0 amide bonds. The molecule has 5 nitrogen and oxygen atoms in total. The topological polar surface area (TPSA) is 75.9 Å². The number of thiophene rings is 1. The zero-order valence-electron chi connectivity index (χ0n) is 12.6. The van der Waals surface area contributed by atoms with Gasteiger partial charge in [-0.05, 0) is 36.1 Å². The second-order valence-electron chi connectivity index (χ2n) is 6.12. The van der Waals surface area contributed by atoms with E-state index in [1.165, 1.54) is 25.7 Å². The lowest BCUT2D eigenvalue weighted by Crippen LogP contribution is -2.35. The summed E-state index contributed by atoms with van der Waals surface area (Å²) in [6, 6.07) is 2.57. The normalized spacial score (nSPS) is 22.7. The van der Waals surface area contributed by atoms with E-state index >= 15 is 0 Å². The van der Waals surface area contributed by atoms with Gasteiger partial charge < -0.3 is 5.32 Å². The molecule has 6 heteroatoms. The molecule has 1 saturated carbocycles. The molecule has 1 fully saturated rings. The van der Waals surface area contributed by atoms with Crippen molar-refractivity contribution >= 4 is 33.3 Å². The van der Waals surface area contributed by atoms with Gasteiger partial charge in [0.1, 0.15) is 10.6 Å². The summed E-state index contributed by atoms with van der Waals surface area (Å²) in [5.41, 5.74) is 2.56. The lowest BCUT2D eigenvalue weighted by molar-refractivity contribution is 0.253. The van der Waals surface area contributed by atoms with Gasteiger partial charge >= 0.3 is 0 Å². The van der Waals surface area contributed by atoms with Crippen LogP contribution < -0.4 is 16.6 Å². The average molecular weight is 305 g/mol. The molecule has 0 saturated heterocycles. The van der Waals surface area contributed by atoms with Crippen LogP contribution in [0.3, 0.4) is 0 Å². The molecule has 0 aliphatic heterocycles. The van der Waals surface area contributed by atoms with Crippen molar-refractivity contribution in [1.82, 2.24) is 9.97 Å². The molecule has 0 radical (unpaired) electrons. The molecule has 2 aromatic rings. The molecule has 0 bridgehead atoms. The molecule has 114 valence electrons. The minimum absolute atomic E-state index is 0.476. The molecule has 1 aliphatic rings. The first-order valence-corrected chi connectivity index (χ1v) is 8.55. The van der Waals surface area contributed by atoms with Gasteiger partial charge in [0, 0.05) is 6.04 Å². The van der Waals surface area contributed by atoms with E-state index in [0.29, 0.717) is 23.8 Å². The van der Waals surface area contributed by atoms with Crippen LogP contribution >= 0.6 is 11.3 Å². The Bertz CT molecular complexity index is 609. The van der Waals surface area contributed by atoms with Crippen LogP contribution in [0.2, 0.25) is 0 Å². The van der Waals surface area contributed by atoms with Gasteiger partial charge in [0.15, 0.2) is 0 Å². The highest BCUT2D eigenvalue weighted by Crippen LogP contribution is 2.34. The molecular weight excluding hydrogens is 282 g/mol. The van der Waals surface area contributed by atoms with Crippen LogP contribution in [0.4, 0.5) is 11.8 Å². The van der Waals surface area contributed by atoms with Gasteiger partial charge in [0.05, 0.1) is 5.39 Å². The first-order valence-electron chi connectivity index (χ1n) is 7.67. The number of hydrazine groups is 1. The van der Waals surface area contributed by atoms with Crippen LogP contribution in [-0.4, -0.2) is 16.0 Å². The Morgan fingerprint density at radius 3 is 2.86 bits per heavy atom. The van der Waals surface area contributed by atoms with E-state index in [9.17, 15) is 0 Å². The Balaban J connectivity index is 1.90. The molecule has 3 rings (SSSR count). The number of hydrogen-bond donors (Lipinski definition) is 3. The molecular formula is C15H23N5S. The number of aromatic nitrogens is 2. The minimum atomic E-state index is 0.476. The van der Waals surface area contributed by atoms with E-state index < -0.39 is 0 Å². The maximum absolute atomic E-state index is 5.49. The monoisotopic (exact) mass is 305 g/mol. The molecule has 2 unspecified atom stereocenters. The molecule has 4 N–H and O–H groups in total. The van der Waals surface area contributed by atoms with Crippen molar-refractivity contribution in [3.05, 3.63) is 11.4 Å². The number of nitrogen functional groups attached to an aromatic ring is 1. The Morgan fingerprint density at radius 2 is 2.10 bits per heavy atom. The number of anilines is 2. The summed E-state index contributed by atoms with van der Waals surface area (Å²) in [5, 5.41) is 6.81. The molecule has 21 heavy (non-hydrogen) atoms. The summed E-state index contributed by atoms with van der Waals surface area (Å²) in [5.74, 6) is 8.27. The lowest BCUT2D eigenvalue weighted by atomic mass is 9.78. The zero-order chi connectivity index (χ0) is 14.8. The van der Waals surface area contributed by atoms with Gasteiger partial charge in [0.2, 0.25) is 5.95 Å². The van der Waals surface area contributed by atoms with Crippen LogP contribution in [0.25, 0.3) is 10.2 Å². The van der Waals surface area contributed by atoms with Gasteiger partial charge in [-0.1, -0.05) is 26.7 Å². The Labute approximate surface area is 129 Å². The molecule has 2 atom stereocenters. The highest BCUT2D eigenvalue weighted by Gasteiger charge is 2.28. The Hall–Kier alpha value is -1.40. The maximum atomic E-state index is 5.49. The summed E-state index contributed by atoms with van der Waals surface area (Å²) in [6.07, 6.45) is 5.15. The zero-order valence-corrected chi connectivity index (χ0v) is 13.4. The number of fused-ring (bicyclic) bond motifs is 1. The van der Waals surface area contributed by atoms with Crippen LogP contribution in [-0.2, 0) is 0 Å². The molecule has 2 heterocycles. The second kappa shape index (κ2) is 6.15. The Kier molecular flexibility index (Phi) is 4.26. The van der Waals surface area contributed by atoms with Gasteiger partial charge in [-0.3, -0.25) is 5.43 Å². The standard InChI is InChI=1S/C15H23N5S/c1-9(2)10-5-3-4-6-12(10)17-13-11-7-8-21-14(11)19-15(18-13)20-16/h7-10,12H,3-6,16H2,1-2H3,(H2,17,18,19,20). The number of hydrogen-bond acceptors (Lipinski definition) is 6. The van der Waals surface area contributed by atoms with Gasteiger partial charge in [0.25, 0.3) is 0 Å². The fourth-order valence-corrected chi connectivity index (χ4v) is 4.11. The molecule has 0 spiro atoms. The van der Waals surface area contributed by atoms with Crippen molar-refractivity contribution in [2.45, 2.75) is 45.6 Å². The van der Waals surface area contributed by atoms with E-state index in [2.05, 4.69) is 40.6 Å². The molecule has 2 aromatic heterocycles. The summed E-state index contributed by atoms with van der Waals surface area (Å²) >= 11 is 1.61. The van der Waals surface area contributed by atoms with Crippen molar-refractivity contribution in [2.24, 2.45) is 17.7 Å². The highest BCUT2D eigenvalue weighted by molar-refractivity contribution is 7.16. The fourth-order valence-electron chi connectivity index (χ4n) is 3.34. The number of nitrogens with two attached hydrogens (primary N) is 1. The average Bonchev–Trinajstić information content (AvgIpc) is 2.96. The van der Waals surface area contributed by atoms with Crippen molar-refractivity contribution < 1.29 is 0 Å². The van der Waals surface area contributed by atoms with E-state index in [1.54, 1.807) is 11.3 Å². The van der Waals surface area contributed by atoms with Crippen molar-refractivity contribution in [3.63, 3.8) is 0 Å². The van der Waals surface area contributed by atoms with Crippen LogP contribution in [0.1, 0.15) is 39.5 Å². The quantitative estimate of drug-likeness (QED) is 0.594. The largest absolute Gasteiger partial charge is 0.366 e. The number of nitrogens with one attached hydrogen (secondary N) is 2. The fraction of sp³-hybridized carbons (Fsp3) is 0.600. The third-order valence-electron chi connectivity index (χ3n) is 4.45. The summed E-state index contributed by atoms with van der Waals surface area (Å²) in [6.45, 7) is 4.63. The predicted octanol–water partition coefficient (Wildman–Crippen LogP) is 3.60. The van der Waals surface area contributed by atoms with Gasteiger partial charge in [-0.2, -0.15) is 4.98 Å². The Morgan fingerprint density at radius 1 is 1.29 bits per heavy atom.